The number of rotatable bonds is 4. The van der Waals surface area contributed by atoms with Crippen LogP contribution in [0.2, 0.25) is 0 Å². The topological polar surface area (TPSA) is 40.5 Å². The lowest BCUT2D eigenvalue weighted by Crippen LogP contribution is -2.30. The third-order valence-electron chi connectivity index (χ3n) is 3.74. The molecule has 2 atom stereocenters. The van der Waals surface area contributed by atoms with E-state index >= 15 is 0 Å². The Labute approximate surface area is 122 Å². The fourth-order valence-corrected chi connectivity index (χ4v) is 3.62. The molecule has 0 aliphatic carbocycles. The number of aliphatic hydroxyl groups is 1. The van der Waals surface area contributed by atoms with Crippen LogP contribution in [0.25, 0.3) is 0 Å². The third kappa shape index (κ3) is 2.49. The maximum Gasteiger partial charge on any atom is 0.223 e. The van der Waals surface area contributed by atoms with Crippen molar-refractivity contribution in [1.82, 2.24) is 4.90 Å². The summed E-state index contributed by atoms with van der Waals surface area (Å²) < 4.78 is 0. The monoisotopic (exact) mass is 287 g/mol. The average Bonchev–Trinajstić information content (AvgIpc) is 3.11. The first kappa shape index (κ1) is 13.3. The van der Waals surface area contributed by atoms with Gasteiger partial charge in [-0.15, -0.1) is 11.3 Å². The third-order valence-corrected chi connectivity index (χ3v) is 4.66. The van der Waals surface area contributed by atoms with Crippen LogP contribution in [0.15, 0.2) is 47.8 Å². The maximum absolute atomic E-state index is 12.3. The van der Waals surface area contributed by atoms with E-state index in [0.29, 0.717) is 13.0 Å². The molecule has 2 unspecified atom stereocenters. The SMILES string of the molecule is O=C1CC(CO)CN1C(c1ccccc1)c1cccs1. The maximum atomic E-state index is 12.3. The van der Waals surface area contributed by atoms with Gasteiger partial charge in [0.1, 0.15) is 0 Å². The van der Waals surface area contributed by atoms with E-state index in [-0.39, 0.29) is 24.5 Å². The molecule has 2 heterocycles. The minimum atomic E-state index is -0.0275. The van der Waals surface area contributed by atoms with Gasteiger partial charge in [-0.25, -0.2) is 0 Å². The lowest BCUT2D eigenvalue weighted by Gasteiger charge is -2.28. The summed E-state index contributed by atoms with van der Waals surface area (Å²) in [6.07, 6.45) is 0.450. The highest BCUT2D eigenvalue weighted by Gasteiger charge is 2.35. The standard InChI is InChI=1S/C16H17NO2S/c18-11-12-9-15(19)17(10-12)16(14-7-4-8-20-14)13-5-2-1-3-6-13/h1-8,12,16,18H,9-11H2. The van der Waals surface area contributed by atoms with Crippen LogP contribution in [-0.2, 0) is 4.79 Å². The molecule has 1 amide bonds. The summed E-state index contributed by atoms with van der Waals surface area (Å²) >= 11 is 1.67. The molecule has 0 spiro atoms. The Morgan fingerprint density at radius 1 is 1.25 bits per heavy atom. The van der Waals surface area contributed by atoms with Gasteiger partial charge in [0, 0.05) is 30.4 Å². The van der Waals surface area contributed by atoms with Gasteiger partial charge in [0.2, 0.25) is 5.91 Å². The average molecular weight is 287 g/mol. The van der Waals surface area contributed by atoms with Crippen LogP contribution in [0.3, 0.4) is 0 Å². The molecule has 1 aliphatic rings. The van der Waals surface area contributed by atoms with Crippen molar-refractivity contribution in [1.29, 1.82) is 0 Å². The number of likely N-dealkylation sites (tertiary alicyclic amines) is 1. The van der Waals surface area contributed by atoms with E-state index in [4.69, 9.17) is 0 Å². The number of nitrogens with zero attached hydrogens (tertiary/aromatic N) is 1. The van der Waals surface area contributed by atoms with E-state index < -0.39 is 0 Å². The molecule has 3 nitrogen and oxygen atoms in total. The number of thiophene rings is 1. The summed E-state index contributed by atoms with van der Waals surface area (Å²) in [5.74, 6) is 0.194. The Morgan fingerprint density at radius 2 is 2.05 bits per heavy atom. The highest BCUT2D eigenvalue weighted by Crippen LogP contribution is 2.35. The van der Waals surface area contributed by atoms with Gasteiger partial charge in [-0.1, -0.05) is 36.4 Å². The lowest BCUT2D eigenvalue weighted by molar-refractivity contribution is -0.129. The number of hydrogen-bond acceptors (Lipinski definition) is 3. The number of carbonyl (C=O) groups is 1. The molecule has 2 aromatic rings. The summed E-state index contributed by atoms with van der Waals surface area (Å²) in [4.78, 5) is 15.3. The predicted molar refractivity (Wildman–Crippen MR) is 79.5 cm³/mol. The highest BCUT2D eigenvalue weighted by molar-refractivity contribution is 7.10. The zero-order valence-electron chi connectivity index (χ0n) is 11.1. The summed E-state index contributed by atoms with van der Waals surface area (Å²) in [6.45, 7) is 0.709. The first-order valence-electron chi connectivity index (χ1n) is 6.78. The van der Waals surface area contributed by atoms with E-state index in [9.17, 15) is 9.90 Å². The molecule has 0 radical (unpaired) electrons. The fraction of sp³-hybridized carbons (Fsp3) is 0.312. The largest absolute Gasteiger partial charge is 0.396 e. The van der Waals surface area contributed by atoms with Crippen LogP contribution in [0.4, 0.5) is 0 Å². The zero-order valence-corrected chi connectivity index (χ0v) is 11.9. The van der Waals surface area contributed by atoms with Crippen molar-refractivity contribution in [3.05, 3.63) is 58.3 Å². The number of hydrogen-bond donors (Lipinski definition) is 1. The van der Waals surface area contributed by atoms with Gasteiger partial charge in [-0.05, 0) is 17.0 Å². The van der Waals surface area contributed by atoms with Crippen LogP contribution in [0.1, 0.15) is 22.9 Å². The van der Waals surface area contributed by atoms with Gasteiger partial charge in [0.15, 0.2) is 0 Å². The number of amides is 1. The second kappa shape index (κ2) is 5.77. The molecule has 1 aromatic carbocycles. The molecule has 0 bridgehead atoms. The normalized spacial score (nSPS) is 20.4. The van der Waals surface area contributed by atoms with Gasteiger partial charge < -0.3 is 10.0 Å². The Balaban J connectivity index is 1.97. The van der Waals surface area contributed by atoms with Crippen molar-refractivity contribution in [2.75, 3.05) is 13.2 Å². The van der Waals surface area contributed by atoms with E-state index in [0.717, 1.165) is 5.56 Å². The van der Waals surface area contributed by atoms with Gasteiger partial charge in [0.25, 0.3) is 0 Å². The van der Waals surface area contributed by atoms with Gasteiger partial charge in [0.05, 0.1) is 6.04 Å². The fourth-order valence-electron chi connectivity index (χ4n) is 2.76. The van der Waals surface area contributed by atoms with Crippen molar-refractivity contribution >= 4 is 17.2 Å². The van der Waals surface area contributed by atoms with E-state index in [2.05, 4.69) is 18.2 Å². The van der Waals surface area contributed by atoms with E-state index in [1.807, 2.05) is 34.5 Å². The molecule has 1 N–H and O–H groups in total. The van der Waals surface area contributed by atoms with Crippen molar-refractivity contribution in [2.24, 2.45) is 5.92 Å². The first-order valence-corrected chi connectivity index (χ1v) is 7.66. The van der Waals surface area contributed by atoms with Crippen LogP contribution < -0.4 is 0 Å². The molecular formula is C16H17NO2S. The molecule has 1 fully saturated rings. The summed E-state index contributed by atoms with van der Waals surface area (Å²) in [5.41, 5.74) is 1.13. The van der Waals surface area contributed by atoms with Crippen molar-refractivity contribution in [3.63, 3.8) is 0 Å². The van der Waals surface area contributed by atoms with Crippen LogP contribution in [-0.4, -0.2) is 29.1 Å². The van der Waals surface area contributed by atoms with Gasteiger partial charge in [-0.2, -0.15) is 0 Å². The van der Waals surface area contributed by atoms with Crippen molar-refractivity contribution in [2.45, 2.75) is 12.5 Å². The van der Waals surface area contributed by atoms with Crippen molar-refractivity contribution < 1.29 is 9.90 Å². The summed E-state index contributed by atoms with van der Waals surface area (Å²) in [5, 5.41) is 11.3. The van der Waals surface area contributed by atoms with Gasteiger partial charge in [-0.3, -0.25) is 4.79 Å². The summed E-state index contributed by atoms with van der Waals surface area (Å²) in [7, 11) is 0. The molecule has 1 saturated heterocycles. The quantitative estimate of drug-likeness (QED) is 0.939. The minimum Gasteiger partial charge on any atom is -0.396 e. The van der Waals surface area contributed by atoms with Gasteiger partial charge >= 0.3 is 0 Å². The Hall–Kier alpha value is -1.65. The van der Waals surface area contributed by atoms with Crippen LogP contribution in [0, 0.1) is 5.92 Å². The molecule has 104 valence electrons. The molecule has 4 heteroatoms. The predicted octanol–water partition coefficient (Wildman–Crippen LogP) is 2.68. The minimum absolute atomic E-state index is 0.0275. The van der Waals surface area contributed by atoms with Crippen LogP contribution >= 0.6 is 11.3 Å². The van der Waals surface area contributed by atoms with Crippen LogP contribution in [0.5, 0.6) is 0 Å². The lowest BCUT2D eigenvalue weighted by atomic mass is 10.0. The van der Waals surface area contributed by atoms with Crippen molar-refractivity contribution in [3.8, 4) is 0 Å². The molecule has 3 rings (SSSR count). The van der Waals surface area contributed by atoms with E-state index in [1.54, 1.807) is 11.3 Å². The zero-order chi connectivity index (χ0) is 13.9. The molecule has 0 saturated carbocycles. The second-order valence-electron chi connectivity index (χ2n) is 5.13. The number of benzene rings is 1. The summed E-state index contributed by atoms with van der Waals surface area (Å²) in [6, 6.07) is 14.2. The smallest absolute Gasteiger partial charge is 0.223 e. The number of carbonyl (C=O) groups excluding carboxylic acids is 1. The second-order valence-corrected chi connectivity index (χ2v) is 6.11. The first-order chi connectivity index (χ1) is 9.79. The number of aliphatic hydroxyl groups excluding tert-OH is 1. The van der Waals surface area contributed by atoms with E-state index in [1.165, 1.54) is 4.88 Å². The molecular weight excluding hydrogens is 270 g/mol. The molecule has 1 aliphatic heterocycles. The Kier molecular flexibility index (Phi) is 3.85. The Bertz CT molecular complexity index is 567. The highest BCUT2D eigenvalue weighted by atomic mass is 32.1. The Morgan fingerprint density at radius 3 is 2.65 bits per heavy atom. The molecule has 1 aromatic heterocycles. The molecule has 20 heavy (non-hydrogen) atoms.